The van der Waals surface area contributed by atoms with Gasteiger partial charge in [-0.25, -0.2) is 0 Å². The number of carbonyl (C=O) groups excluding carboxylic acids is 2. The zero-order valence-corrected chi connectivity index (χ0v) is 16.9. The average molecular weight is 386 g/mol. The lowest BCUT2D eigenvalue weighted by molar-refractivity contribution is -0.191. The molecule has 4 aliphatic carbocycles. The lowest BCUT2D eigenvalue weighted by Gasteiger charge is -2.61. The summed E-state index contributed by atoms with van der Waals surface area (Å²) in [6.45, 7) is 5.53. The molecule has 2 bridgehead atoms. The Morgan fingerprint density at radius 3 is 2.64 bits per heavy atom. The molecular weight excluding hydrogens is 356 g/mol. The predicted molar refractivity (Wildman–Crippen MR) is 98.4 cm³/mol. The number of hydrogen-bond acceptors (Lipinski definition) is 5. The van der Waals surface area contributed by atoms with Crippen LogP contribution in [0.5, 0.6) is 0 Å². The maximum atomic E-state index is 12.4. The standard InChI is InChI=1S/C23H30O5/c1-19-11-16-23(27-16)18(15(19)4-7-21(19)8-5-17(25)28-21)13-9-22(26-12-13)10-14(24)3-6-20(22,23)2/h13,15-16,18H,3-12H2,1-2H3/t13-,15-,16+,18-,19-,20-,21+,22?,23?/m0/s1. The van der Waals surface area contributed by atoms with Gasteiger partial charge in [0.05, 0.1) is 18.3 Å². The first-order valence-corrected chi connectivity index (χ1v) is 11.3. The van der Waals surface area contributed by atoms with Crippen LogP contribution in [0.25, 0.3) is 0 Å². The zero-order valence-electron chi connectivity index (χ0n) is 16.9. The van der Waals surface area contributed by atoms with Crippen molar-refractivity contribution in [2.45, 2.75) is 94.5 Å². The number of fused-ring (bicyclic) bond motifs is 5. The number of ketones is 1. The number of esters is 1. The molecule has 0 aromatic heterocycles. The van der Waals surface area contributed by atoms with Crippen molar-refractivity contribution < 1.29 is 23.8 Å². The van der Waals surface area contributed by atoms with Gasteiger partial charge in [-0.2, -0.15) is 0 Å². The molecule has 3 aliphatic heterocycles. The normalized spacial score (nSPS) is 63.5. The van der Waals surface area contributed by atoms with Crippen molar-refractivity contribution in [3.05, 3.63) is 0 Å². The maximum Gasteiger partial charge on any atom is 0.306 e. The van der Waals surface area contributed by atoms with Crippen molar-refractivity contribution in [3.63, 3.8) is 0 Å². The molecule has 0 radical (unpaired) electrons. The minimum atomic E-state index is -0.303. The van der Waals surface area contributed by atoms with Gasteiger partial charge in [-0.1, -0.05) is 13.8 Å². The molecule has 3 saturated heterocycles. The average Bonchev–Trinajstić information content (AvgIpc) is 2.93. The van der Waals surface area contributed by atoms with Crippen molar-refractivity contribution in [2.24, 2.45) is 28.6 Å². The molecule has 7 aliphatic rings. The molecule has 4 saturated carbocycles. The van der Waals surface area contributed by atoms with Crippen LogP contribution >= 0.6 is 0 Å². The summed E-state index contributed by atoms with van der Waals surface area (Å²) in [7, 11) is 0. The van der Waals surface area contributed by atoms with E-state index in [0.717, 1.165) is 45.1 Å². The topological polar surface area (TPSA) is 65.1 Å². The number of epoxide rings is 1. The number of rotatable bonds is 0. The Morgan fingerprint density at radius 2 is 1.86 bits per heavy atom. The van der Waals surface area contributed by atoms with Gasteiger partial charge in [-0.05, 0) is 56.3 Å². The van der Waals surface area contributed by atoms with E-state index in [-0.39, 0.29) is 39.7 Å². The summed E-state index contributed by atoms with van der Waals surface area (Å²) < 4.78 is 19.4. The number of Topliss-reactive ketones (excluding diaryl/α,β-unsaturated/α-hetero) is 1. The summed E-state index contributed by atoms with van der Waals surface area (Å²) in [6.07, 6.45) is 7.96. The molecule has 7 fully saturated rings. The molecule has 0 aromatic carbocycles. The monoisotopic (exact) mass is 386 g/mol. The van der Waals surface area contributed by atoms with Gasteiger partial charge in [0, 0.05) is 30.1 Å². The number of hydrogen-bond donors (Lipinski definition) is 0. The third kappa shape index (κ3) is 1.48. The highest BCUT2D eigenvalue weighted by atomic mass is 16.6. The Morgan fingerprint density at radius 1 is 1.00 bits per heavy atom. The molecule has 0 N–H and O–H groups in total. The van der Waals surface area contributed by atoms with Crippen LogP contribution in [0.3, 0.4) is 0 Å². The van der Waals surface area contributed by atoms with E-state index in [1.165, 1.54) is 0 Å². The Bertz CT molecular complexity index is 824. The van der Waals surface area contributed by atoms with Gasteiger partial charge in [-0.15, -0.1) is 0 Å². The fraction of sp³-hybridized carbons (Fsp3) is 0.913. The molecule has 5 nitrogen and oxygen atoms in total. The number of ether oxygens (including phenoxy) is 3. The SMILES string of the molecule is C[C@]12CCC(=O)CC13C[C@@H](CO3)[C@H]1[C@@H]3CC[C@@]4(CCC(=O)O4)[C@@]3(C)C[C@H]3OC132. The fourth-order valence-electron chi connectivity index (χ4n) is 9.67. The largest absolute Gasteiger partial charge is 0.458 e. The highest BCUT2D eigenvalue weighted by Crippen LogP contribution is 2.81. The molecule has 0 amide bonds. The van der Waals surface area contributed by atoms with Crippen molar-refractivity contribution in [1.82, 2.24) is 0 Å². The van der Waals surface area contributed by atoms with E-state index in [0.29, 0.717) is 42.8 Å². The first kappa shape index (κ1) is 16.8. The van der Waals surface area contributed by atoms with Gasteiger partial charge in [0.15, 0.2) is 0 Å². The van der Waals surface area contributed by atoms with E-state index in [1.807, 2.05) is 0 Å². The van der Waals surface area contributed by atoms with Gasteiger partial charge in [0.1, 0.15) is 17.0 Å². The third-order valence-corrected chi connectivity index (χ3v) is 11.0. The highest BCUT2D eigenvalue weighted by Gasteiger charge is 2.87. The Hall–Kier alpha value is -0.940. The fourth-order valence-corrected chi connectivity index (χ4v) is 9.67. The van der Waals surface area contributed by atoms with E-state index < -0.39 is 0 Å². The van der Waals surface area contributed by atoms with Crippen LogP contribution in [-0.4, -0.2) is 41.3 Å². The van der Waals surface area contributed by atoms with Crippen LogP contribution < -0.4 is 0 Å². The summed E-state index contributed by atoms with van der Waals surface area (Å²) in [5.74, 6) is 1.82. The van der Waals surface area contributed by atoms with E-state index >= 15 is 0 Å². The van der Waals surface area contributed by atoms with Crippen LogP contribution in [-0.2, 0) is 23.8 Å². The minimum Gasteiger partial charge on any atom is -0.458 e. The molecule has 0 aromatic rings. The quantitative estimate of drug-likeness (QED) is 0.473. The Labute approximate surface area is 165 Å². The zero-order chi connectivity index (χ0) is 19.2. The van der Waals surface area contributed by atoms with Crippen molar-refractivity contribution in [1.29, 1.82) is 0 Å². The van der Waals surface area contributed by atoms with Crippen molar-refractivity contribution in [2.75, 3.05) is 6.61 Å². The third-order valence-electron chi connectivity index (χ3n) is 11.0. The molecule has 9 atom stereocenters. The van der Waals surface area contributed by atoms with Crippen LogP contribution in [0.15, 0.2) is 0 Å². The second kappa shape index (κ2) is 4.54. The van der Waals surface area contributed by atoms with Crippen molar-refractivity contribution >= 4 is 11.8 Å². The van der Waals surface area contributed by atoms with Gasteiger partial charge in [-0.3, -0.25) is 9.59 Å². The van der Waals surface area contributed by atoms with Gasteiger partial charge in [0.2, 0.25) is 0 Å². The molecule has 152 valence electrons. The van der Waals surface area contributed by atoms with Crippen LogP contribution in [0.2, 0.25) is 0 Å². The summed E-state index contributed by atoms with van der Waals surface area (Å²) in [5.41, 5.74) is -0.755. The molecular formula is C23H30O5. The van der Waals surface area contributed by atoms with Crippen LogP contribution in [0.4, 0.5) is 0 Å². The first-order chi connectivity index (χ1) is 13.3. The minimum absolute atomic E-state index is 0.0118. The molecule has 3 heterocycles. The molecule has 28 heavy (non-hydrogen) atoms. The maximum absolute atomic E-state index is 12.4. The Balaban J connectivity index is 1.35. The predicted octanol–water partition coefficient (Wildman–Crippen LogP) is 3.18. The van der Waals surface area contributed by atoms with E-state index in [2.05, 4.69) is 13.8 Å². The molecule has 7 rings (SSSR count). The first-order valence-electron chi connectivity index (χ1n) is 11.3. The second-order valence-electron chi connectivity index (χ2n) is 11.5. The van der Waals surface area contributed by atoms with Gasteiger partial charge >= 0.3 is 5.97 Å². The summed E-state index contributed by atoms with van der Waals surface area (Å²) in [4.78, 5) is 24.5. The van der Waals surface area contributed by atoms with Crippen LogP contribution in [0, 0.1) is 28.6 Å². The summed E-state index contributed by atoms with van der Waals surface area (Å²) >= 11 is 0. The highest BCUT2D eigenvalue weighted by molar-refractivity contribution is 5.81. The lowest BCUT2D eigenvalue weighted by Crippen LogP contribution is -2.68. The van der Waals surface area contributed by atoms with E-state index in [1.54, 1.807) is 0 Å². The van der Waals surface area contributed by atoms with Gasteiger partial charge in [0.25, 0.3) is 0 Å². The van der Waals surface area contributed by atoms with Crippen molar-refractivity contribution in [3.8, 4) is 0 Å². The van der Waals surface area contributed by atoms with Gasteiger partial charge < -0.3 is 14.2 Å². The number of carbonyl (C=O) groups is 2. The van der Waals surface area contributed by atoms with E-state index in [4.69, 9.17) is 14.2 Å². The van der Waals surface area contributed by atoms with E-state index in [9.17, 15) is 9.59 Å². The molecule has 5 heteroatoms. The Kier molecular flexibility index (Phi) is 2.72. The second-order valence-corrected chi connectivity index (χ2v) is 11.5. The lowest BCUT2D eigenvalue weighted by atomic mass is 9.41. The molecule has 3 spiro atoms. The summed E-state index contributed by atoms with van der Waals surface area (Å²) in [5, 5.41) is 0. The summed E-state index contributed by atoms with van der Waals surface area (Å²) in [6, 6.07) is 0. The molecule has 2 unspecified atom stereocenters. The smallest absolute Gasteiger partial charge is 0.306 e. The van der Waals surface area contributed by atoms with Crippen LogP contribution in [0.1, 0.15) is 71.6 Å².